The first-order valence-electron chi connectivity index (χ1n) is 7.12. The predicted molar refractivity (Wildman–Crippen MR) is 81.1 cm³/mol. The molecule has 2 aliphatic rings. The molecule has 1 aromatic rings. The van der Waals surface area contributed by atoms with E-state index in [-0.39, 0.29) is 0 Å². The highest BCUT2D eigenvalue weighted by molar-refractivity contribution is 9.09. The molecule has 0 bridgehead atoms. The van der Waals surface area contributed by atoms with Gasteiger partial charge in [-0.3, -0.25) is 4.98 Å². The molecule has 19 heavy (non-hydrogen) atoms. The molecule has 0 aromatic carbocycles. The van der Waals surface area contributed by atoms with Gasteiger partial charge >= 0.3 is 0 Å². The van der Waals surface area contributed by atoms with Gasteiger partial charge in [0.1, 0.15) is 11.9 Å². The molecule has 0 N–H and O–H groups in total. The number of nitrogens with zero attached hydrogens (tertiary/aromatic N) is 1. The van der Waals surface area contributed by atoms with E-state index in [4.69, 9.17) is 16.3 Å². The molecule has 2 unspecified atom stereocenters. The Labute approximate surface area is 128 Å². The van der Waals surface area contributed by atoms with Gasteiger partial charge in [-0.1, -0.05) is 53.2 Å². The third-order valence-corrected chi connectivity index (χ3v) is 6.17. The molecule has 2 atom stereocenters. The molecule has 1 aromatic heterocycles. The lowest BCUT2D eigenvalue weighted by Crippen LogP contribution is -2.56. The van der Waals surface area contributed by atoms with Crippen molar-refractivity contribution in [3.8, 4) is 5.75 Å². The first kappa shape index (κ1) is 13.7. The van der Waals surface area contributed by atoms with Crippen LogP contribution in [0.1, 0.15) is 44.9 Å². The first-order valence-corrected chi connectivity index (χ1v) is 8.41. The van der Waals surface area contributed by atoms with E-state index in [0.29, 0.717) is 21.4 Å². The lowest BCUT2D eigenvalue weighted by molar-refractivity contribution is -0.0463. The summed E-state index contributed by atoms with van der Waals surface area (Å²) in [6.07, 6.45) is 12.8. The van der Waals surface area contributed by atoms with Gasteiger partial charge in [-0.05, 0) is 19.3 Å². The molecular formula is C15H19BrClNO. The van der Waals surface area contributed by atoms with Crippen molar-refractivity contribution in [2.24, 2.45) is 5.41 Å². The number of ether oxygens (including phenoxy) is 1. The molecular weight excluding hydrogens is 326 g/mol. The van der Waals surface area contributed by atoms with Crippen LogP contribution in [0.3, 0.4) is 0 Å². The van der Waals surface area contributed by atoms with Crippen molar-refractivity contribution >= 4 is 27.5 Å². The molecule has 0 aliphatic heterocycles. The number of alkyl halides is 1. The van der Waals surface area contributed by atoms with Crippen LogP contribution in [0.25, 0.3) is 0 Å². The molecule has 4 heteroatoms. The summed E-state index contributed by atoms with van der Waals surface area (Å²) in [6.45, 7) is 0. The maximum atomic E-state index is 6.17. The predicted octanol–water partition coefficient (Wildman–Crippen LogP) is 4.99. The van der Waals surface area contributed by atoms with Gasteiger partial charge in [0.05, 0.1) is 11.2 Å². The van der Waals surface area contributed by atoms with Crippen molar-refractivity contribution in [1.29, 1.82) is 0 Å². The summed E-state index contributed by atoms with van der Waals surface area (Å²) < 4.78 is 6.17. The summed E-state index contributed by atoms with van der Waals surface area (Å²) in [5.74, 6) is 0.806. The van der Waals surface area contributed by atoms with Crippen LogP contribution in [-0.4, -0.2) is 15.9 Å². The van der Waals surface area contributed by atoms with Gasteiger partial charge in [-0.25, -0.2) is 0 Å². The molecule has 1 spiro atoms. The van der Waals surface area contributed by atoms with Crippen LogP contribution in [0.4, 0.5) is 0 Å². The second kappa shape index (κ2) is 5.61. The highest BCUT2D eigenvalue weighted by Gasteiger charge is 2.54. The van der Waals surface area contributed by atoms with E-state index in [2.05, 4.69) is 20.9 Å². The van der Waals surface area contributed by atoms with E-state index in [0.717, 1.165) is 12.2 Å². The smallest absolute Gasteiger partial charge is 0.139 e. The van der Waals surface area contributed by atoms with Gasteiger partial charge in [0.15, 0.2) is 0 Å². The maximum absolute atomic E-state index is 6.17. The highest BCUT2D eigenvalue weighted by Crippen LogP contribution is 2.55. The Morgan fingerprint density at radius 1 is 1.21 bits per heavy atom. The summed E-state index contributed by atoms with van der Waals surface area (Å²) in [5, 5.41) is 0.641. The zero-order valence-electron chi connectivity index (χ0n) is 10.9. The van der Waals surface area contributed by atoms with Crippen molar-refractivity contribution in [2.75, 3.05) is 0 Å². The van der Waals surface area contributed by atoms with Crippen LogP contribution in [0.5, 0.6) is 5.75 Å². The van der Waals surface area contributed by atoms with Crippen molar-refractivity contribution < 1.29 is 4.74 Å². The van der Waals surface area contributed by atoms with Crippen LogP contribution in [-0.2, 0) is 0 Å². The minimum Gasteiger partial charge on any atom is -0.488 e. The van der Waals surface area contributed by atoms with E-state index in [1.165, 1.54) is 38.5 Å². The minimum atomic E-state index is 0.315. The van der Waals surface area contributed by atoms with Crippen LogP contribution in [0.15, 0.2) is 18.5 Å². The van der Waals surface area contributed by atoms with Gasteiger partial charge in [0.2, 0.25) is 0 Å². The molecule has 0 saturated heterocycles. The first-order chi connectivity index (χ1) is 9.21. The summed E-state index contributed by atoms with van der Waals surface area (Å²) in [5.41, 5.74) is 0.332. The van der Waals surface area contributed by atoms with Gasteiger partial charge < -0.3 is 4.74 Å². The monoisotopic (exact) mass is 343 g/mol. The third kappa shape index (κ3) is 2.64. The largest absolute Gasteiger partial charge is 0.488 e. The number of pyridine rings is 1. The summed E-state index contributed by atoms with van der Waals surface area (Å²) in [6, 6.07) is 1.86. The molecule has 104 valence electrons. The maximum Gasteiger partial charge on any atom is 0.139 e. The summed E-state index contributed by atoms with van der Waals surface area (Å²) in [4.78, 5) is 4.70. The van der Waals surface area contributed by atoms with Gasteiger partial charge in [0.25, 0.3) is 0 Å². The third-order valence-electron chi connectivity index (χ3n) is 4.68. The van der Waals surface area contributed by atoms with Gasteiger partial charge in [-0.2, -0.15) is 0 Å². The number of aromatic nitrogens is 1. The summed E-state index contributed by atoms with van der Waals surface area (Å²) >= 11 is 9.83. The highest BCUT2D eigenvalue weighted by atomic mass is 79.9. The fraction of sp³-hybridized carbons (Fsp3) is 0.667. The normalized spacial score (nSPS) is 29.6. The summed E-state index contributed by atoms with van der Waals surface area (Å²) in [7, 11) is 0. The molecule has 0 radical (unpaired) electrons. The minimum absolute atomic E-state index is 0.315. The molecule has 2 fully saturated rings. The Bertz CT molecular complexity index is 446. The van der Waals surface area contributed by atoms with E-state index in [1.54, 1.807) is 12.4 Å². The van der Waals surface area contributed by atoms with Crippen molar-refractivity contribution in [3.63, 3.8) is 0 Å². The zero-order chi connectivity index (χ0) is 13.3. The van der Waals surface area contributed by atoms with Gasteiger partial charge in [-0.15, -0.1) is 0 Å². The second-order valence-corrected chi connectivity index (χ2v) is 7.34. The number of halogens is 2. The number of hydrogen-bond acceptors (Lipinski definition) is 2. The van der Waals surface area contributed by atoms with Crippen LogP contribution < -0.4 is 4.74 Å². The van der Waals surface area contributed by atoms with E-state index in [9.17, 15) is 0 Å². The lowest BCUT2D eigenvalue weighted by atomic mass is 9.61. The molecule has 1 heterocycles. The van der Waals surface area contributed by atoms with E-state index in [1.807, 2.05) is 6.07 Å². The Morgan fingerprint density at radius 3 is 2.58 bits per heavy atom. The van der Waals surface area contributed by atoms with E-state index >= 15 is 0 Å². The average molecular weight is 345 g/mol. The van der Waals surface area contributed by atoms with Crippen LogP contribution >= 0.6 is 27.5 Å². The van der Waals surface area contributed by atoms with Crippen molar-refractivity contribution in [3.05, 3.63) is 23.5 Å². The topological polar surface area (TPSA) is 22.1 Å². The SMILES string of the molecule is Clc1cncc(OC2CC(Br)C23CCCCCC3)c1. The fourth-order valence-corrected chi connectivity index (χ4v) is 4.76. The lowest BCUT2D eigenvalue weighted by Gasteiger charge is -2.53. The Hall–Kier alpha value is -0.280. The van der Waals surface area contributed by atoms with Crippen molar-refractivity contribution in [2.45, 2.75) is 55.9 Å². The molecule has 2 aliphatic carbocycles. The number of rotatable bonds is 2. The van der Waals surface area contributed by atoms with E-state index < -0.39 is 0 Å². The van der Waals surface area contributed by atoms with Crippen molar-refractivity contribution in [1.82, 2.24) is 4.98 Å². The fourth-order valence-electron chi connectivity index (χ4n) is 3.51. The Morgan fingerprint density at radius 2 is 1.95 bits per heavy atom. The quantitative estimate of drug-likeness (QED) is 0.705. The average Bonchev–Trinajstić information content (AvgIpc) is 2.66. The Kier molecular flexibility index (Phi) is 4.04. The van der Waals surface area contributed by atoms with Crippen LogP contribution in [0.2, 0.25) is 5.02 Å². The zero-order valence-corrected chi connectivity index (χ0v) is 13.3. The molecule has 2 saturated carbocycles. The van der Waals surface area contributed by atoms with Gasteiger partial charge in [0, 0.05) is 22.5 Å². The molecule has 0 amide bonds. The Balaban J connectivity index is 1.74. The molecule has 3 rings (SSSR count). The molecule has 2 nitrogen and oxygen atoms in total. The number of hydrogen-bond donors (Lipinski definition) is 0. The standard InChI is InChI=1S/C15H19BrClNO/c16-13-8-14(15(13)5-3-1-2-4-6-15)19-12-7-11(17)9-18-10-12/h7,9-10,13-14H,1-6,8H2. The second-order valence-electron chi connectivity index (χ2n) is 5.80. The van der Waals surface area contributed by atoms with Crippen LogP contribution in [0, 0.1) is 5.41 Å².